The molecule has 0 heterocycles. The maximum atomic E-state index is 6.21. The maximum Gasteiger partial charge on any atom is 0.0851 e. The van der Waals surface area contributed by atoms with Gasteiger partial charge >= 0.3 is 0 Å². The van der Waals surface area contributed by atoms with Crippen molar-refractivity contribution in [2.24, 2.45) is 0 Å². The van der Waals surface area contributed by atoms with Crippen LogP contribution in [-0.2, 0) is 18.6 Å². The Morgan fingerprint density at radius 1 is 1.27 bits per heavy atom. The van der Waals surface area contributed by atoms with Crippen LogP contribution >= 0.6 is 19.5 Å². The van der Waals surface area contributed by atoms with E-state index in [2.05, 4.69) is 25.5 Å². The Morgan fingerprint density at radius 2 is 1.73 bits per heavy atom. The van der Waals surface area contributed by atoms with Crippen LogP contribution in [0.25, 0.3) is 0 Å². The van der Waals surface area contributed by atoms with Crippen LogP contribution in [0.4, 0.5) is 0 Å². The van der Waals surface area contributed by atoms with Gasteiger partial charge in [-0.25, -0.2) is 0 Å². The van der Waals surface area contributed by atoms with E-state index < -0.39 is 0 Å². The molecule has 0 unspecified atom stereocenters. The molecule has 0 amide bonds. The zero-order valence-electron chi connectivity index (χ0n) is 6.79. The number of hydrogen-bond donors (Lipinski definition) is 0. The molecule has 1 rings (SSSR count). The van der Waals surface area contributed by atoms with Gasteiger partial charge in [0.2, 0.25) is 0 Å². The predicted molar refractivity (Wildman–Crippen MR) is 50.5 cm³/mol. The fourth-order valence-electron chi connectivity index (χ4n) is 1.08. The Labute approximate surface area is 86.7 Å². The minimum absolute atomic E-state index is 0. The largest absolute Gasteiger partial charge is 0.111 e. The number of hydrogen-bond acceptors (Lipinski definition) is 0. The van der Waals surface area contributed by atoms with Crippen molar-refractivity contribution in [2.45, 2.75) is 4.87 Å². The Bertz CT molecular complexity index is 163. The van der Waals surface area contributed by atoms with Gasteiger partial charge in [-0.1, -0.05) is 24.3 Å². The van der Waals surface area contributed by atoms with Gasteiger partial charge in [-0.05, 0) is 19.5 Å². The summed E-state index contributed by atoms with van der Waals surface area (Å²) in [6.07, 6.45) is 9.27. The molecule has 0 atom stereocenters. The molecule has 11 heavy (non-hydrogen) atoms. The second-order valence-electron chi connectivity index (χ2n) is 2.88. The topological polar surface area (TPSA) is 0 Å². The Kier molecular flexibility index (Phi) is 5.06. The Morgan fingerprint density at radius 3 is 2.09 bits per heavy atom. The molecular weight excluding hydrogens is 213 g/mol. The molecule has 0 aromatic heterocycles. The first kappa shape index (κ1) is 11.8. The summed E-state index contributed by atoms with van der Waals surface area (Å²) in [5.41, 5.74) is 0. The minimum Gasteiger partial charge on any atom is -0.111 e. The van der Waals surface area contributed by atoms with Crippen LogP contribution in [0.1, 0.15) is 0 Å². The SMILES string of the molecule is CP(C)CC1(Cl)C=CC=C1.[V]. The average molecular weight is 226 g/mol. The fourth-order valence-corrected chi connectivity index (χ4v) is 3.12. The quantitative estimate of drug-likeness (QED) is 0.501. The smallest absolute Gasteiger partial charge is 0.0851 e. The molecule has 0 saturated carbocycles. The van der Waals surface area contributed by atoms with Gasteiger partial charge in [0.05, 0.1) is 4.87 Å². The first-order valence-electron chi connectivity index (χ1n) is 3.33. The number of allylic oxidation sites excluding steroid dienone is 4. The van der Waals surface area contributed by atoms with Crippen molar-refractivity contribution in [3.8, 4) is 0 Å². The number of alkyl halides is 1. The molecule has 0 N–H and O–H groups in total. The molecule has 61 valence electrons. The summed E-state index contributed by atoms with van der Waals surface area (Å²) in [6.45, 7) is 4.50. The second-order valence-corrected chi connectivity index (χ2v) is 6.06. The molecule has 1 aliphatic carbocycles. The van der Waals surface area contributed by atoms with Crippen LogP contribution in [0, 0.1) is 0 Å². The summed E-state index contributed by atoms with van der Waals surface area (Å²) >= 11 is 6.21. The van der Waals surface area contributed by atoms with Gasteiger partial charge in [0.15, 0.2) is 0 Å². The van der Waals surface area contributed by atoms with Crippen LogP contribution < -0.4 is 0 Å². The van der Waals surface area contributed by atoms with E-state index in [0.29, 0.717) is 0 Å². The third kappa shape index (κ3) is 3.81. The zero-order chi connectivity index (χ0) is 7.61. The van der Waals surface area contributed by atoms with Gasteiger partial charge in [-0.3, -0.25) is 0 Å². The summed E-state index contributed by atoms with van der Waals surface area (Å²) < 4.78 is 0. The Balaban J connectivity index is 0.000001000. The molecule has 0 bridgehead atoms. The summed E-state index contributed by atoms with van der Waals surface area (Å²) in [5.74, 6) is 0. The van der Waals surface area contributed by atoms with Crippen molar-refractivity contribution in [2.75, 3.05) is 19.5 Å². The molecule has 1 aliphatic rings. The van der Waals surface area contributed by atoms with Gasteiger partial charge in [-0.15, -0.1) is 19.5 Å². The van der Waals surface area contributed by atoms with E-state index in [1.165, 1.54) is 0 Å². The standard InChI is InChI=1S/C8H12ClP.V/c1-10(2)7-8(9)5-3-4-6-8;/h3-6H,7H2,1-2H3;. The van der Waals surface area contributed by atoms with Gasteiger partial charge in [0.1, 0.15) is 0 Å². The van der Waals surface area contributed by atoms with Crippen LogP contribution in [-0.4, -0.2) is 24.4 Å². The summed E-state index contributed by atoms with van der Waals surface area (Å²) in [7, 11) is 0.105. The molecule has 0 aromatic carbocycles. The van der Waals surface area contributed by atoms with Crippen LogP contribution in [0.5, 0.6) is 0 Å². The zero-order valence-corrected chi connectivity index (χ0v) is 9.84. The predicted octanol–water partition coefficient (Wildman–Crippen LogP) is 2.83. The monoisotopic (exact) mass is 225 g/mol. The van der Waals surface area contributed by atoms with Gasteiger partial charge in [0, 0.05) is 18.6 Å². The molecule has 0 aromatic rings. The van der Waals surface area contributed by atoms with E-state index in [4.69, 9.17) is 11.6 Å². The van der Waals surface area contributed by atoms with Crippen molar-refractivity contribution < 1.29 is 18.6 Å². The van der Waals surface area contributed by atoms with Crippen molar-refractivity contribution >= 4 is 19.5 Å². The molecule has 0 spiro atoms. The molecule has 0 saturated heterocycles. The second kappa shape index (κ2) is 4.72. The van der Waals surface area contributed by atoms with E-state index in [0.717, 1.165) is 6.16 Å². The van der Waals surface area contributed by atoms with Crippen molar-refractivity contribution in [3.05, 3.63) is 24.3 Å². The van der Waals surface area contributed by atoms with E-state index in [-0.39, 0.29) is 31.4 Å². The third-order valence-corrected chi connectivity index (χ3v) is 3.14. The minimum atomic E-state index is -0.144. The fraction of sp³-hybridized carbons (Fsp3) is 0.500. The molecule has 1 radical (unpaired) electrons. The summed E-state index contributed by atoms with van der Waals surface area (Å²) in [6, 6.07) is 0. The van der Waals surface area contributed by atoms with Crippen molar-refractivity contribution in [1.29, 1.82) is 0 Å². The molecule has 3 heteroatoms. The molecular formula is C8H12ClPV. The van der Waals surface area contributed by atoms with E-state index >= 15 is 0 Å². The van der Waals surface area contributed by atoms with Gasteiger partial charge in [0.25, 0.3) is 0 Å². The van der Waals surface area contributed by atoms with E-state index in [1.807, 2.05) is 12.2 Å². The molecule has 0 nitrogen and oxygen atoms in total. The van der Waals surface area contributed by atoms with E-state index in [9.17, 15) is 0 Å². The Hall–Kier alpha value is 0.784. The van der Waals surface area contributed by atoms with Gasteiger partial charge < -0.3 is 0 Å². The van der Waals surface area contributed by atoms with E-state index in [1.54, 1.807) is 0 Å². The van der Waals surface area contributed by atoms with Crippen molar-refractivity contribution in [1.82, 2.24) is 0 Å². The average Bonchev–Trinajstić information content (AvgIpc) is 2.12. The number of halogens is 1. The van der Waals surface area contributed by atoms with Gasteiger partial charge in [-0.2, -0.15) is 0 Å². The number of rotatable bonds is 2. The molecule has 0 aliphatic heterocycles. The normalized spacial score (nSPS) is 18.9. The van der Waals surface area contributed by atoms with Crippen LogP contribution in [0.3, 0.4) is 0 Å². The maximum absolute atomic E-state index is 6.21. The molecule has 0 fully saturated rings. The first-order chi connectivity index (χ1) is 4.62. The summed E-state index contributed by atoms with van der Waals surface area (Å²) in [4.78, 5) is -0.144. The van der Waals surface area contributed by atoms with Crippen molar-refractivity contribution in [3.63, 3.8) is 0 Å². The van der Waals surface area contributed by atoms with Crippen LogP contribution in [0.2, 0.25) is 0 Å². The van der Waals surface area contributed by atoms with Crippen LogP contribution in [0.15, 0.2) is 24.3 Å². The third-order valence-electron chi connectivity index (χ3n) is 1.42. The first-order valence-corrected chi connectivity index (χ1v) is 6.13. The summed E-state index contributed by atoms with van der Waals surface area (Å²) in [5, 5.41) is 0.